The maximum Gasteiger partial charge on any atom is 0.0468 e. The fourth-order valence-corrected chi connectivity index (χ4v) is 12.2. The summed E-state index contributed by atoms with van der Waals surface area (Å²) < 4.78 is 0. The standard InChI is InChI=1S/C56H41NS/c1-5-15-42(16-6-1)43-27-33-48(34-28-43)57(50-37-40-56-47(41-50)26-25-46-17-13-14-24-55(46)56)49-35-29-44(30-36-49)45-31-38-54(39-32-45)58(51-18-7-2-8-19-51,52-20-9-3-10-21-52)53-22-11-4-12-23-53/h1-41H. The van der Waals surface area contributed by atoms with E-state index in [4.69, 9.17) is 0 Å². The van der Waals surface area contributed by atoms with Crippen LogP contribution in [0.2, 0.25) is 0 Å². The largest absolute Gasteiger partial charge is 0.310 e. The van der Waals surface area contributed by atoms with E-state index in [1.165, 1.54) is 63.4 Å². The van der Waals surface area contributed by atoms with E-state index in [1.54, 1.807) is 0 Å². The fourth-order valence-electron chi connectivity index (χ4n) is 8.37. The van der Waals surface area contributed by atoms with Crippen molar-refractivity contribution in [1.29, 1.82) is 0 Å². The average Bonchev–Trinajstić information content (AvgIpc) is 3.31. The number of hydrogen-bond donors (Lipinski definition) is 0. The number of anilines is 3. The molecule has 0 atom stereocenters. The SMILES string of the molecule is c1ccc(-c2ccc(N(c3ccc(-c4ccc(S(c5ccccc5)(c5ccccc5)c5ccccc5)cc4)cc3)c3ccc4c(ccc5ccccc54)c3)cc2)cc1. The van der Waals surface area contributed by atoms with Crippen molar-refractivity contribution in [3.8, 4) is 22.3 Å². The molecule has 0 spiro atoms. The summed E-state index contributed by atoms with van der Waals surface area (Å²) in [4.78, 5) is 7.65. The minimum atomic E-state index is -1.75. The van der Waals surface area contributed by atoms with Crippen LogP contribution in [0, 0.1) is 0 Å². The molecule has 10 aromatic rings. The van der Waals surface area contributed by atoms with Crippen molar-refractivity contribution < 1.29 is 0 Å². The van der Waals surface area contributed by atoms with Crippen LogP contribution >= 0.6 is 10.0 Å². The molecule has 0 aromatic heterocycles. The molecular formula is C56H41NS. The Kier molecular flexibility index (Phi) is 9.39. The van der Waals surface area contributed by atoms with Crippen molar-refractivity contribution in [3.63, 3.8) is 0 Å². The topological polar surface area (TPSA) is 3.24 Å². The second kappa shape index (κ2) is 15.4. The van der Waals surface area contributed by atoms with E-state index in [-0.39, 0.29) is 0 Å². The molecule has 1 nitrogen and oxygen atoms in total. The predicted molar refractivity (Wildman–Crippen MR) is 247 cm³/mol. The zero-order chi connectivity index (χ0) is 38.7. The molecule has 0 radical (unpaired) electrons. The Balaban J connectivity index is 1.04. The lowest BCUT2D eigenvalue weighted by molar-refractivity contribution is 1.24. The molecule has 0 fully saturated rings. The second-order valence-corrected chi connectivity index (χ2v) is 17.7. The number of rotatable bonds is 9. The van der Waals surface area contributed by atoms with Crippen LogP contribution in [-0.2, 0) is 0 Å². The van der Waals surface area contributed by atoms with Crippen LogP contribution in [0.15, 0.2) is 268 Å². The first-order valence-electron chi connectivity index (χ1n) is 19.8. The highest BCUT2D eigenvalue weighted by Crippen LogP contribution is 2.73. The molecule has 0 unspecified atom stereocenters. The Morgan fingerprint density at radius 1 is 0.241 bits per heavy atom. The van der Waals surface area contributed by atoms with E-state index < -0.39 is 10.0 Å². The molecule has 58 heavy (non-hydrogen) atoms. The van der Waals surface area contributed by atoms with Crippen LogP contribution in [0.4, 0.5) is 17.1 Å². The summed E-state index contributed by atoms with van der Waals surface area (Å²) in [5.41, 5.74) is 8.12. The van der Waals surface area contributed by atoms with Crippen molar-refractivity contribution in [2.75, 3.05) is 4.90 Å². The first-order valence-corrected chi connectivity index (χ1v) is 21.5. The quantitative estimate of drug-likeness (QED) is 0.133. The minimum absolute atomic E-state index is 1.11. The molecule has 10 rings (SSSR count). The summed E-state index contributed by atoms with van der Waals surface area (Å²) in [7, 11) is -1.75. The highest BCUT2D eigenvalue weighted by atomic mass is 32.3. The molecule has 0 aliphatic rings. The summed E-state index contributed by atoms with van der Waals surface area (Å²) in [5, 5.41) is 5.01. The van der Waals surface area contributed by atoms with Gasteiger partial charge in [-0.05, 0) is 129 Å². The van der Waals surface area contributed by atoms with Crippen LogP contribution in [0.25, 0.3) is 43.8 Å². The van der Waals surface area contributed by atoms with Crippen LogP contribution in [0.5, 0.6) is 0 Å². The normalized spacial score (nSPS) is 11.7. The molecule has 2 heteroatoms. The third-order valence-corrected chi connectivity index (χ3v) is 15.1. The number of nitrogens with zero attached hydrogens (tertiary/aromatic N) is 1. The van der Waals surface area contributed by atoms with Gasteiger partial charge < -0.3 is 4.90 Å². The predicted octanol–water partition coefficient (Wildman–Crippen LogP) is 16.1. The van der Waals surface area contributed by atoms with Crippen molar-refractivity contribution >= 4 is 48.6 Å². The van der Waals surface area contributed by atoms with E-state index in [0.29, 0.717) is 0 Å². The smallest absolute Gasteiger partial charge is 0.0468 e. The van der Waals surface area contributed by atoms with Gasteiger partial charge in [-0.25, -0.2) is 0 Å². The maximum absolute atomic E-state index is 2.37. The van der Waals surface area contributed by atoms with Gasteiger partial charge in [-0.3, -0.25) is 0 Å². The molecule has 0 heterocycles. The third-order valence-electron chi connectivity index (χ3n) is 11.2. The molecule has 0 bridgehead atoms. The number of benzene rings is 10. The van der Waals surface area contributed by atoms with Gasteiger partial charge in [0, 0.05) is 36.6 Å². The van der Waals surface area contributed by atoms with Crippen molar-refractivity contribution in [2.45, 2.75) is 19.6 Å². The fraction of sp³-hybridized carbons (Fsp3) is 0. The van der Waals surface area contributed by atoms with Gasteiger partial charge in [-0.1, -0.05) is 164 Å². The second-order valence-electron chi connectivity index (χ2n) is 14.6. The van der Waals surface area contributed by atoms with Crippen molar-refractivity contribution in [3.05, 3.63) is 249 Å². The Labute approximate surface area is 342 Å². The molecule has 0 aliphatic heterocycles. The van der Waals surface area contributed by atoms with E-state index >= 15 is 0 Å². The Morgan fingerprint density at radius 2 is 0.603 bits per heavy atom. The van der Waals surface area contributed by atoms with Crippen LogP contribution in [0.3, 0.4) is 0 Å². The van der Waals surface area contributed by atoms with E-state index in [2.05, 4.69) is 254 Å². The van der Waals surface area contributed by atoms with Gasteiger partial charge in [-0.2, -0.15) is 0 Å². The van der Waals surface area contributed by atoms with Gasteiger partial charge in [0.25, 0.3) is 0 Å². The molecular weight excluding hydrogens is 719 g/mol. The van der Waals surface area contributed by atoms with Gasteiger partial charge in [0.1, 0.15) is 0 Å². The average molecular weight is 760 g/mol. The number of hydrogen-bond acceptors (Lipinski definition) is 1. The molecule has 10 aromatic carbocycles. The Bertz CT molecular complexity index is 2850. The zero-order valence-corrected chi connectivity index (χ0v) is 32.8. The summed E-state index contributed by atoms with van der Waals surface area (Å²) >= 11 is 0. The minimum Gasteiger partial charge on any atom is -0.310 e. The van der Waals surface area contributed by atoms with Gasteiger partial charge in [-0.15, -0.1) is 10.0 Å². The van der Waals surface area contributed by atoms with Gasteiger partial charge in [0.15, 0.2) is 0 Å². The Morgan fingerprint density at radius 3 is 1.12 bits per heavy atom. The molecule has 276 valence electrons. The molecule has 0 aliphatic carbocycles. The first-order chi connectivity index (χ1) is 28.8. The van der Waals surface area contributed by atoms with E-state index in [9.17, 15) is 0 Å². The molecule has 0 amide bonds. The zero-order valence-electron chi connectivity index (χ0n) is 32.0. The van der Waals surface area contributed by atoms with Gasteiger partial charge >= 0.3 is 0 Å². The van der Waals surface area contributed by atoms with Crippen molar-refractivity contribution in [2.24, 2.45) is 0 Å². The first kappa shape index (κ1) is 35.3. The van der Waals surface area contributed by atoms with Gasteiger partial charge in [0.05, 0.1) is 0 Å². The van der Waals surface area contributed by atoms with Gasteiger partial charge in [0.2, 0.25) is 0 Å². The maximum atomic E-state index is 2.37. The van der Waals surface area contributed by atoms with Crippen LogP contribution < -0.4 is 4.90 Å². The molecule has 0 saturated heterocycles. The monoisotopic (exact) mass is 759 g/mol. The van der Waals surface area contributed by atoms with Crippen LogP contribution in [0.1, 0.15) is 0 Å². The van der Waals surface area contributed by atoms with E-state index in [1.807, 2.05) is 0 Å². The highest BCUT2D eigenvalue weighted by molar-refractivity contribution is 8.34. The Hall–Kier alpha value is -7.13. The lowest BCUT2D eigenvalue weighted by Crippen LogP contribution is -2.09. The van der Waals surface area contributed by atoms with Crippen molar-refractivity contribution in [1.82, 2.24) is 0 Å². The summed E-state index contributed by atoms with van der Waals surface area (Å²) in [6.45, 7) is 0. The summed E-state index contributed by atoms with van der Waals surface area (Å²) in [6.07, 6.45) is 0. The lowest BCUT2D eigenvalue weighted by Gasteiger charge is -2.42. The molecule has 0 saturated carbocycles. The third kappa shape index (κ3) is 6.44. The van der Waals surface area contributed by atoms with E-state index in [0.717, 1.165) is 17.1 Å². The highest BCUT2D eigenvalue weighted by Gasteiger charge is 2.33. The molecule has 0 N–H and O–H groups in total. The van der Waals surface area contributed by atoms with Crippen LogP contribution in [-0.4, -0.2) is 0 Å². The lowest BCUT2D eigenvalue weighted by atomic mass is 10.0. The summed E-state index contributed by atoms with van der Waals surface area (Å²) in [5.74, 6) is 0. The number of fused-ring (bicyclic) bond motifs is 3. The summed E-state index contributed by atoms with van der Waals surface area (Å²) in [6, 6.07) is 90.9.